The summed E-state index contributed by atoms with van der Waals surface area (Å²) in [6.45, 7) is 0. The second-order valence-corrected chi connectivity index (χ2v) is 4.83. The molecule has 100 valence electrons. The summed E-state index contributed by atoms with van der Waals surface area (Å²) in [6, 6.07) is 16.7. The molecule has 1 atom stereocenters. The Morgan fingerprint density at radius 2 is 1.95 bits per heavy atom. The molecule has 0 radical (unpaired) electrons. The van der Waals surface area contributed by atoms with Gasteiger partial charge in [0.15, 0.2) is 0 Å². The zero-order valence-electron chi connectivity index (χ0n) is 11.5. The van der Waals surface area contributed by atoms with Crippen molar-refractivity contribution in [3.63, 3.8) is 0 Å². The molecule has 3 nitrogen and oxygen atoms in total. The molecule has 0 fully saturated rings. The summed E-state index contributed by atoms with van der Waals surface area (Å²) in [5.41, 5.74) is 3.32. The average Bonchev–Trinajstić information content (AvgIpc) is 2.53. The third kappa shape index (κ3) is 2.68. The van der Waals surface area contributed by atoms with Gasteiger partial charge in [0.05, 0.1) is 5.52 Å². The van der Waals surface area contributed by atoms with Crippen LogP contribution in [0, 0.1) is 0 Å². The van der Waals surface area contributed by atoms with E-state index in [1.807, 2.05) is 31.4 Å². The molecule has 0 saturated carbocycles. The highest BCUT2D eigenvalue weighted by Crippen LogP contribution is 2.18. The molecule has 0 amide bonds. The SMILES string of the molecule is CNC(Cc1ccc2ccccc2n1)c1cccnc1. The molecule has 3 heteroatoms. The summed E-state index contributed by atoms with van der Waals surface area (Å²) in [5.74, 6) is 0. The van der Waals surface area contributed by atoms with Gasteiger partial charge in [0.2, 0.25) is 0 Å². The number of para-hydroxylation sites is 1. The Bertz CT molecular complexity index is 695. The fourth-order valence-corrected chi connectivity index (χ4v) is 2.40. The second-order valence-electron chi connectivity index (χ2n) is 4.83. The third-order valence-electron chi connectivity index (χ3n) is 3.50. The largest absolute Gasteiger partial charge is 0.313 e. The molecule has 3 aromatic rings. The van der Waals surface area contributed by atoms with Crippen molar-refractivity contribution in [3.05, 3.63) is 72.2 Å². The van der Waals surface area contributed by atoms with Gasteiger partial charge < -0.3 is 5.32 Å². The lowest BCUT2D eigenvalue weighted by molar-refractivity contribution is 0.583. The number of hydrogen-bond acceptors (Lipinski definition) is 3. The topological polar surface area (TPSA) is 37.8 Å². The van der Waals surface area contributed by atoms with Crippen LogP contribution < -0.4 is 5.32 Å². The first-order valence-electron chi connectivity index (χ1n) is 6.78. The molecule has 2 aromatic heterocycles. The summed E-state index contributed by atoms with van der Waals surface area (Å²) in [7, 11) is 1.97. The lowest BCUT2D eigenvalue weighted by Crippen LogP contribution is -2.19. The van der Waals surface area contributed by atoms with E-state index < -0.39 is 0 Å². The number of fused-ring (bicyclic) bond motifs is 1. The maximum Gasteiger partial charge on any atom is 0.0705 e. The molecular formula is C17H17N3. The normalized spacial score (nSPS) is 12.4. The Balaban J connectivity index is 1.87. The molecule has 0 spiro atoms. The first-order valence-corrected chi connectivity index (χ1v) is 6.78. The summed E-state index contributed by atoms with van der Waals surface area (Å²) in [5, 5.41) is 4.51. The Labute approximate surface area is 118 Å². The van der Waals surface area contributed by atoms with E-state index in [0.29, 0.717) is 0 Å². The maximum atomic E-state index is 4.73. The molecule has 20 heavy (non-hydrogen) atoms. The standard InChI is InChI=1S/C17H17N3/c1-18-17(14-6-4-10-19-12-14)11-15-9-8-13-5-2-3-7-16(13)20-15/h2-10,12,17-18H,11H2,1H3. The second kappa shape index (κ2) is 5.80. The van der Waals surface area contributed by atoms with E-state index in [2.05, 4.69) is 40.6 Å². The monoisotopic (exact) mass is 263 g/mol. The number of nitrogens with one attached hydrogen (secondary N) is 1. The maximum absolute atomic E-state index is 4.73. The van der Waals surface area contributed by atoms with Gasteiger partial charge in [0.25, 0.3) is 0 Å². The summed E-state index contributed by atoms with van der Waals surface area (Å²) < 4.78 is 0. The van der Waals surface area contributed by atoms with Crippen molar-refractivity contribution in [1.82, 2.24) is 15.3 Å². The number of nitrogens with zero attached hydrogens (tertiary/aromatic N) is 2. The number of pyridine rings is 2. The van der Waals surface area contributed by atoms with Crippen LogP contribution in [0.2, 0.25) is 0 Å². The van der Waals surface area contributed by atoms with Crippen LogP contribution in [0.1, 0.15) is 17.3 Å². The molecule has 0 bridgehead atoms. The molecule has 1 N–H and O–H groups in total. The van der Waals surface area contributed by atoms with Crippen molar-refractivity contribution in [2.45, 2.75) is 12.5 Å². The van der Waals surface area contributed by atoms with Crippen molar-refractivity contribution < 1.29 is 0 Å². The van der Waals surface area contributed by atoms with Crippen LogP contribution in [0.3, 0.4) is 0 Å². The molecule has 0 aliphatic rings. The van der Waals surface area contributed by atoms with Gasteiger partial charge >= 0.3 is 0 Å². The smallest absolute Gasteiger partial charge is 0.0705 e. The van der Waals surface area contributed by atoms with E-state index in [0.717, 1.165) is 17.6 Å². The van der Waals surface area contributed by atoms with Gasteiger partial charge in [-0.3, -0.25) is 9.97 Å². The van der Waals surface area contributed by atoms with Crippen LogP contribution in [0.5, 0.6) is 0 Å². The zero-order valence-corrected chi connectivity index (χ0v) is 11.5. The quantitative estimate of drug-likeness (QED) is 0.786. The number of aromatic nitrogens is 2. The molecule has 2 heterocycles. The molecule has 3 rings (SSSR count). The zero-order chi connectivity index (χ0) is 13.8. The van der Waals surface area contributed by atoms with E-state index in [1.54, 1.807) is 6.20 Å². The van der Waals surface area contributed by atoms with Gasteiger partial charge in [-0.2, -0.15) is 0 Å². The number of benzene rings is 1. The first-order chi connectivity index (χ1) is 9.86. The minimum Gasteiger partial charge on any atom is -0.313 e. The van der Waals surface area contributed by atoms with Crippen LogP contribution in [0.15, 0.2) is 60.9 Å². The highest BCUT2D eigenvalue weighted by molar-refractivity contribution is 5.78. The van der Waals surface area contributed by atoms with Crippen LogP contribution in [0.25, 0.3) is 10.9 Å². The molecule has 0 saturated heterocycles. The molecular weight excluding hydrogens is 246 g/mol. The van der Waals surface area contributed by atoms with Crippen LogP contribution >= 0.6 is 0 Å². The van der Waals surface area contributed by atoms with Crippen molar-refractivity contribution >= 4 is 10.9 Å². The van der Waals surface area contributed by atoms with E-state index in [-0.39, 0.29) is 6.04 Å². The van der Waals surface area contributed by atoms with Crippen LogP contribution in [-0.2, 0) is 6.42 Å². The fourth-order valence-electron chi connectivity index (χ4n) is 2.40. The minimum absolute atomic E-state index is 0.234. The lowest BCUT2D eigenvalue weighted by Gasteiger charge is -2.16. The van der Waals surface area contributed by atoms with E-state index in [4.69, 9.17) is 4.98 Å². The predicted octanol–water partition coefficient (Wildman–Crippen LogP) is 3.13. The van der Waals surface area contributed by atoms with Gasteiger partial charge in [-0.25, -0.2) is 0 Å². The van der Waals surface area contributed by atoms with Gasteiger partial charge in [-0.15, -0.1) is 0 Å². The van der Waals surface area contributed by atoms with Crippen LogP contribution in [0.4, 0.5) is 0 Å². The Hall–Kier alpha value is -2.26. The first kappa shape index (κ1) is 12.8. The predicted molar refractivity (Wildman–Crippen MR) is 81.5 cm³/mol. The van der Waals surface area contributed by atoms with Crippen molar-refractivity contribution in [3.8, 4) is 0 Å². The number of hydrogen-bond donors (Lipinski definition) is 1. The van der Waals surface area contributed by atoms with E-state index in [9.17, 15) is 0 Å². The van der Waals surface area contributed by atoms with E-state index >= 15 is 0 Å². The average molecular weight is 263 g/mol. The lowest BCUT2D eigenvalue weighted by atomic mass is 10.0. The van der Waals surface area contributed by atoms with Gasteiger partial charge in [-0.05, 0) is 30.8 Å². The Morgan fingerprint density at radius 1 is 1.05 bits per heavy atom. The molecule has 1 aromatic carbocycles. The molecule has 1 unspecified atom stereocenters. The van der Waals surface area contributed by atoms with E-state index in [1.165, 1.54) is 10.9 Å². The van der Waals surface area contributed by atoms with Gasteiger partial charge in [0, 0.05) is 35.9 Å². The van der Waals surface area contributed by atoms with Crippen LogP contribution in [-0.4, -0.2) is 17.0 Å². The number of rotatable bonds is 4. The van der Waals surface area contributed by atoms with Gasteiger partial charge in [-0.1, -0.05) is 30.3 Å². The summed E-state index contributed by atoms with van der Waals surface area (Å²) in [4.78, 5) is 8.91. The molecule has 0 aliphatic carbocycles. The van der Waals surface area contributed by atoms with Gasteiger partial charge in [0.1, 0.15) is 0 Å². The van der Waals surface area contributed by atoms with Crippen molar-refractivity contribution in [2.24, 2.45) is 0 Å². The summed E-state index contributed by atoms with van der Waals surface area (Å²) >= 11 is 0. The number of likely N-dealkylation sites (N-methyl/N-ethyl adjacent to an activating group) is 1. The third-order valence-corrected chi connectivity index (χ3v) is 3.50. The molecule has 0 aliphatic heterocycles. The Morgan fingerprint density at radius 3 is 2.75 bits per heavy atom. The van der Waals surface area contributed by atoms with Crippen molar-refractivity contribution in [1.29, 1.82) is 0 Å². The fraction of sp³-hybridized carbons (Fsp3) is 0.176. The van der Waals surface area contributed by atoms with Crippen molar-refractivity contribution in [2.75, 3.05) is 7.05 Å². The minimum atomic E-state index is 0.234. The highest BCUT2D eigenvalue weighted by atomic mass is 14.9. The Kier molecular flexibility index (Phi) is 3.70. The highest BCUT2D eigenvalue weighted by Gasteiger charge is 2.11. The summed E-state index contributed by atoms with van der Waals surface area (Å²) in [6.07, 6.45) is 4.56.